The second-order valence-corrected chi connectivity index (χ2v) is 6.26. The molecule has 1 unspecified atom stereocenters. The van der Waals surface area contributed by atoms with Gasteiger partial charge in [-0.05, 0) is 18.6 Å². The largest absolute Gasteiger partial charge is 0.356 e. The van der Waals surface area contributed by atoms with E-state index in [0.29, 0.717) is 28.8 Å². The Morgan fingerprint density at radius 1 is 1.36 bits per heavy atom. The number of unbranched alkanes of at least 4 members (excludes halogenated alkanes) is 2. The van der Waals surface area contributed by atoms with E-state index in [4.69, 9.17) is 23.2 Å². The van der Waals surface area contributed by atoms with Gasteiger partial charge in [-0.25, -0.2) is 0 Å². The fourth-order valence-electron chi connectivity index (χ4n) is 2.55. The number of nitrogens with zero attached hydrogens (tertiary/aromatic N) is 1. The number of benzene rings is 1. The summed E-state index contributed by atoms with van der Waals surface area (Å²) in [5.41, 5.74) is 0.570. The topological polar surface area (TPSA) is 49.4 Å². The molecule has 0 aromatic heterocycles. The normalized spacial score (nSPS) is 17.9. The first-order valence-electron chi connectivity index (χ1n) is 7.56. The van der Waals surface area contributed by atoms with Crippen LogP contribution >= 0.6 is 23.2 Å². The molecule has 1 aromatic rings. The van der Waals surface area contributed by atoms with Gasteiger partial charge in [-0.2, -0.15) is 0 Å². The Hall–Kier alpha value is -1.26. The third-order valence-electron chi connectivity index (χ3n) is 3.80. The van der Waals surface area contributed by atoms with Crippen LogP contribution in [0.1, 0.15) is 32.6 Å². The standard InChI is InChI=1S/C16H20Cl2N2O2/c1-2-3-4-8-19-16(22)11-9-14(21)20(10-11)13-7-5-6-12(17)15(13)18/h5-7,11H,2-4,8-10H2,1H3,(H,19,22). The summed E-state index contributed by atoms with van der Waals surface area (Å²) < 4.78 is 0. The maximum absolute atomic E-state index is 12.2. The summed E-state index contributed by atoms with van der Waals surface area (Å²) in [6, 6.07) is 5.16. The van der Waals surface area contributed by atoms with Gasteiger partial charge in [0, 0.05) is 19.5 Å². The summed E-state index contributed by atoms with van der Waals surface area (Å²) in [6.07, 6.45) is 3.38. The van der Waals surface area contributed by atoms with Crippen molar-refractivity contribution in [2.45, 2.75) is 32.6 Å². The Morgan fingerprint density at radius 3 is 2.86 bits per heavy atom. The van der Waals surface area contributed by atoms with Crippen LogP contribution in [0.25, 0.3) is 0 Å². The van der Waals surface area contributed by atoms with Gasteiger partial charge in [-0.15, -0.1) is 0 Å². The zero-order chi connectivity index (χ0) is 16.1. The lowest BCUT2D eigenvalue weighted by molar-refractivity contribution is -0.126. The molecule has 0 spiro atoms. The minimum atomic E-state index is -0.329. The van der Waals surface area contributed by atoms with Crippen LogP contribution in [0, 0.1) is 5.92 Å². The van der Waals surface area contributed by atoms with Crippen LogP contribution in [0.15, 0.2) is 18.2 Å². The number of halogens is 2. The summed E-state index contributed by atoms with van der Waals surface area (Å²) in [5, 5.41) is 3.65. The SMILES string of the molecule is CCCCCNC(=O)C1CC(=O)N(c2cccc(Cl)c2Cl)C1. The van der Waals surface area contributed by atoms with E-state index in [1.807, 2.05) is 0 Å². The number of hydrogen-bond donors (Lipinski definition) is 1. The van der Waals surface area contributed by atoms with Gasteiger partial charge in [-0.1, -0.05) is 49.0 Å². The summed E-state index contributed by atoms with van der Waals surface area (Å²) in [4.78, 5) is 25.9. The third-order valence-corrected chi connectivity index (χ3v) is 4.61. The van der Waals surface area contributed by atoms with Crippen LogP contribution in [0.4, 0.5) is 5.69 Å². The number of nitrogens with one attached hydrogen (secondary N) is 1. The average molecular weight is 343 g/mol. The van der Waals surface area contributed by atoms with Gasteiger partial charge in [0.2, 0.25) is 11.8 Å². The number of anilines is 1. The molecule has 0 saturated carbocycles. The Kier molecular flexibility index (Phi) is 6.09. The minimum absolute atomic E-state index is 0.0647. The van der Waals surface area contributed by atoms with Crippen LogP contribution in [0.3, 0.4) is 0 Å². The number of carbonyl (C=O) groups excluding carboxylic acids is 2. The first-order chi connectivity index (χ1) is 10.5. The van der Waals surface area contributed by atoms with Crippen LogP contribution < -0.4 is 10.2 Å². The predicted octanol–water partition coefficient (Wildman–Crippen LogP) is 3.65. The van der Waals surface area contributed by atoms with Crippen molar-refractivity contribution in [2.75, 3.05) is 18.0 Å². The van der Waals surface area contributed by atoms with Crippen molar-refractivity contribution < 1.29 is 9.59 Å². The maximum Gasteiger partial charge on any atom is 0.227 e. The van der Waals surface area contributed by atoms with E-state index >= 15 is 0 Å². The second-order valence-electron chi connectivity index (χ2n) is 5.48. The fraction of sp³-hybridized carbons (Fsp3) is 0.500. The lowest BCUT2D eigenvalue weighted by Crippen LogP contribution is -2.33. The van der Waals surface area contributed by atoms with Gasteiger partial charge >= 0.3 is 0 Å². The number of rotatable bonds is 6. The monoisotopic (exact) mass is 342 g/mol. The van der Waals surface area contributed by atoms with Gasteiger partial charge in [0.15, 0.2) is 0 Å². The molecule has 1 aromatic carbocycles. The second kappa shape index (κ2) is 7.84. The Bertz CT molecular complexity index is 563. The molecule has 2 amide bonds. The van der Waals surface area contributed by atoms with Gasteiger partial charge in [-0.3, -0.25) is 9.59 Å². The van der Waals surface area contributed by atoms with Crippen molar-refractivity contribution >= 4 is 40.7 Å². The molecule has 1 fully saturated rings. The minimum Gasteiger partial charge on any atom is -0.356 e. The molecule has 4 nitrogen and oxygen atoms in total. The molecular weight excluding hydrogens is 323 g/mol. The van der Waals surface area contributed by atoms with E-state index in [0.717, 1.165) is 19.3 Å². The summed E-state index contributed by atoms with van der Waals surface area (Å²) in [7, 11) is 0. The number of carbonyl (C=O) groups is 2. The predicted molar refractivity (Wildman–Crippen MR) is 89.5 cm³/mol. The summed E-state index contributed by atoms with van der Waals surface area (Å²) >= 11 is 12.1. The van der Waals surface area contributed by atoms with Crippen LogP contribution in [0.2, 0.25) is 10.0 Å². The zero-order valence-electron chi connectivity index (χ0n) is 12.6. The van der Waals surface area contributed by atoms with Crippen molar-refractivity contribution in [1.82, 2.24) is 5.32 Å². The molecule has 0 bridgehead atoms. The molecule has 0 radical (unpaired) electrons. The molecule has 6 heteroatoms. The lowest BCUT2D eigenvalue weighted by atomic mass is 10.1. The molecule has 1 heterocycles. The third kappa shape index (κ3) is 3.93. The smallest absolute Gasteiger partial charge is 0.227 e. The van der Waals surface area contributed by atoms with Crippen LogP contribution in [0.5, 0.6) is 0 Å². The molecule has 1 aliphatic heterocycles. The Balaban J connectivity index is 1.98. The lowest BCUT2D eigenvalue weighted by Gasteiger charge is -2.18. The van der Waals surface area contributed by atoms with Gasteiger partial charge in [0.25, 0.3) is 0 Å². The summed E-state index contributed by atoms with van der Waals surface area (Å²) in [6.45, 7) is 3.12. The number of hydrogen-bond acceptors (Lipinski definition) is 2. The molecule has 2 rings (SSSR count). The van der Waals surface area contributed by atoms with Gasteiger partial charge in [0.1, 0.15) is 0 Å². The average Bonchev–Trinajstić information content (AvgIpc) is 2.88. The van der Waals surface area contributed by atoms with Crippen LogP contribution in [-0.2, 0) is 9.59 Å². The maximum atomic E-state index is 12.2. The van der Waals surface area contributed by atoms with Gasteiger partial charge < -0.3 is 10.2 Å². The van der Waals surface area contributed by atoms with Crippen LogP contribution in [-0.4, -0.2) is 24.9 Å². The van der Waals surface area contributed by atoms with E-state index in [2.05, 4.69) is 12.2 Å². The molecule has 0 aliphatic carbocycles. The molecule has 1 saturated heterocycles. The highest BCUT2D eigenvalue weighted by molar-refractivity contribution is 6.44. The van der Waals surface area contributed by atoms with E-state index in [9.17, 15) is 9.59 Å². The molecule has 1 aliphatic rings. The van der Waals surface area contributed by atoms with Crippen molar-refractivity contribution in [3.8, 4) is 0 Å². The molecule has 1 atom stereocenters. The van der Waals surface area contributed by atoms with Crippen molar-refractivity contribution in [1.29, 1.82) is 0 Å². The highest BCUT2D eigenvalue weighted by Gasteiger charge is 2.35. The number of amides is 2. The van der Waals surface area contributed by atoms with Crippen molar-refractivity contribution in [3.05, 3.63) is 28.2 Å². The fourth-order valence-corrected chi connectivity index (χ4v) is 2.95. The summed E-state index contributed by atoms with van der Waals surface area (Å²) in [5.74, 6) is -0.493. The Morgan fingerprint density at radius 2 is 2.14 bits per heavy atom. The van der Waals surface area contributed by atoms with Crippen molar-refractivity contribution in [3.63, 3.8) is 0 Å². The van der Waals surface area contributed by atoms with E-state index < -0.39 is 0 Å². The highest BCUT2D eigenvalue weighted by atomic mass is 35.5. The van der Waals surface area contributed by atoms with E-state index in [-0.39, 0.29) is 24.2 Å². The zero-order valence-corrected chi connectivity index (χ0v) is 14.1. The molecule has 120 valence electrons. The molecular formula is C16H20Cl2N2O2. The van der Waals surface area contributed by atoms with Gasteiger partial charge in [0.05, 0.1) is 21.7 Å². The Labute approximate surface area is 140 Å². The van der Waals surface area contributed by atoms with E-state index in [1.165, 1.54) is 0 Å². The van der Waals surface area contributed by atoms with Crippen molar-refractivity contribution in [2.24, 2.45) is 5.92 Å². The highest BCUT2D eigenvalue weighted by Crippen LogP contribution is 2.35. The quantitative estimate of drug-likeness (QED) is 0.802. The molecule has 22 heavy (non-hydrogen) atoms. The van der Waals surface area contributed by atoms with E-state index in [1.54, 1.807) is 23.1 Å². The first kappa shape index (κ1) is 17.1. The first-order valence-corrected chi connectivity index (χ1v) is 8.32. The molecule has 1 N–H and O–H groups in total.